The predicted octanol–water partition coefficient (Wildman–Crippen LogP) is 2.13. The van der Waals surface area contributed by atoms with Gasteiger partial charge in [-0.05, 0) is 19.1 Å². The van der Waals surface area contributed by atoms with Crippen LogP contribution in [-0.2, 0) is 9.63 Å². The van der Waals surface area contributed by atoms with E-state index in [0.717, 1.165) is 5.56 Å². The first-order valence-corrected chi connectivity index (χ1v) is 7.30. The molecule has 2 heterocycles. The number of anilines is 1. The number of ether oxygens (including phenoxy) is 2. The Balaban J connectivity index is 1.72. The van der Waals surface area contributed by atoms with Crippen LogP contribution in [0.4, 0.5) is 5.82 Å². The van der Waals surface area contributed by atoms with Gasteiger partial charge in [0.15, 0.2) is 17.3 Å². The van der Waals surface area contributed by atoms with E-state index in [2.05, 4.69) is 15.6 Å². The van der Waals surface area contributed by atoms with Gasteiger partial charge in [-0.2, -0.15) is 0 Å². The monoisotopic (exact) mass is 331 g/mol. The van der Waals surface area contributed by atoms with E-state index in [1.54, 1.807) is 33.3 Å². The van der Waals surface area contributed by atoms with E-state index in [0.29, 0.717) is 35.2 Å². The maximum Gasteiger partial charge on any atom is 0.269 e. The molecule has 0 saturated carbocycles. The van der Waals surface area contributed by atoms with Crippen LogP contribution in [0.25, 0.3) is 0 Å². The van der Waals surface area contributed by atoms with Crippen LogP contribution in [0.2, 0.25) is 0 Å². The van der Waals surface area contributed by atoms with Crippen molar-refractivity contribution in [1.29, 1.82) is 0 Å². The number of nitrogens with one attached hydrogen (secondary N) is 1. The first kappa shape index (κ1) is 15.9. The first-order valence-electron chi connectivity index (χ1n) is 7.30. The highest BCUT2D eigenvalue weighted by molar-refractivity contribution is 6.07. The molecule has 0 bridgehead atoms. The smallest absolute Gasteiger partial charge is 0.269 e. The van der Waals surface area contributed by atoms with Crippen molar-refractivity contribution in [2.45, 2.75) is 19.4 Å². The summed E-state index contributed by atoms with van der Waals surface area (Å²) in [5.41, 5.74) is 1.34. The number of para-hydroxylation sites is 1. The molecule has 1 aliphatic heterocycles. The third kappa shape index (κ3) is 3.03. The SMILES string of the molecule is COc1cccc(C2=NO[C@@H](C(=O)Nc3cc(C)on3)C2)c1OC. The van der Waals surface area contributed by atoms with Gasteiger partial charge in [0.05, 0.1) is 19.9 Å². The molecule has 0 aliphatic carbocycles. The molecule has 1 aromatic carbocycles. The number of amides is 1. The zero-order chi connectivity index (χ0) is 17.1. The number of rotatable bonds is 5. The van der Waals surface area contributed by atoms with Crippen LogP contribution in [0.5, 0.6) is 11.5 Å². The minimum absolute atomic E-state index is 0.312. The maximum atomic E-state index is 12.2. The number of hydrogen-bond donors (Lipinski definition) is 1. The lowest BCUT2D eigenvalue weighted by Crippen LogP contribution is -2.28. The van der Waals surface area contributed by atoms with Crippen LogP contribution >= 0.6 is 0 Å². The molecule has 24 heavy (non-hydrogen) atoms. The summed E-state index contributed by atoms with van der Waals surface area (Å²) in [7, 11) is 3.11. The van der Waals surface area contributed by atoms with E-state index in [1.165, 1.54) is 0 Å². The minimum Gasteiger partial charge on any atom is -0.493 e. The Hall–Kier alpha value is -3.03. The zero-order valence-corrected chi connectivity index (χ0v) is 13.5. The number of oxime groups is 1. The van der Waals surface area contributed by atoms with Gasteiger partial charge in [0.25, 0.3) is 5.91 Å². The van der Waals surface area contributed by atoms with Gasteiger partial charge in [0.1, 0.15) is 5.76 Å². The van der Waals surface area contributed by atoms with E-state index in [4.69, 9.17) is 18.8 Å². The highest BCUT2D eigenvalue weighted by atomic mass is 16.6. The summed E-state index contributed by atoms with van der Waals surface area (Å²) < 4.78 is 15.6. The predicted molar refractivity (Wildman–Crippen MR) is 85.4 cm³/mol. The Bertz CT molecular complexity index is 784. The highest BCUT2D eigenvalue weighted by Gasteiger charge is 2.31. The summed E-state index contributed by atoms with van der Waals surface area (Å²) in [5, 5.41) is 10.4. The van der Waals surface area contributed by atoms with Crippen LogP contribution in [0, 0.1) is 6.92 Å². The standard InChI is InChI=1S/C16H17N3O5/c1-9-7-14(19-23-9)17-16(20)13-8-11(18-24-13)10-5-4-6-12(21-2)15(10)22-3/h4-7,13H,8H2,1-3H3,(H,17,19,20)/t13-/m1/s1. The number of aryl methyl sites for hydroxylation is 1. The van der Waals surface area contributed by atoms with Gasteiger partial charge in [-0.15, -0.1) is 0 Å². The van der Waals surface area contributed by atoms with Gasteiger partial charge in [-0.1, -0.05) is 16.4 Å². The van der Waals surface area contributed by atoms with E-state index in [1.807, 2.05) is 12.1 Å². The van der Waals surface area contributed by atoms with Gasteiger partial charge in [-0.3, -0.25) is 4.79 Å². The average Bonchev–Trinajstić information content (AvgIpc) is 3.23. The molecule has 126 valence electrons. The quantitative estimate of drug-likeness (QED) is 0.902. The molecule has 0 radical (unpaired) electrons. The fourth-order valence-electron chi connectivity index (χ4n) is 2.42. The van der Waals surface area contributed by atoms with Crippen LogP contribution in [-0.4, -0.2) is 37.1 Å². The average molecular weight is 331 g/mol. The fourth-order valence-corrected chi connectivity index (χ4v) is 2.42. The molecule has 1 aliphatic rings. The van der Waals surface area contributed by atoms with Crippen LogP contribution in [0.1, 0.15) is 17.7 Å². The molecule has 0 spiro atoms. The fraction of sp³-hybridized carbons (Fsp3) is 0.312. The molecule has 1 aromatic heterocycles. The molecule has 8 heteroatoms. The van der Waals surface area contributed by atoms with Crippen molar-refractivity contribution in [3.05, 3.63) is 35.6 Å². The summed E-state index contributed by atoms with van der Waals surface area (Å²) in [6.45, 7) is 1.74. The Labute approximate surface area is 138 Å². The topological polar surface area (TPSA) is 95.2 Å². The second kappa shape index (κ2) is 6.61. The number of carbonyl (C=O) groups excluding carboxylic acids is 1. The lowest BCUT2D eigenvalue weighted by molar-refractivity contribution is -0.125. The van der Waals surface area contributed by atoms with Gasteiger partial charge in [0.2, 0.25) is 6.10 Å². The molecule has 1 atom stereocenters. The van der Waals surface area contributed by atoms with Crippen molar-refractivity contribution in [3.8, 4) is 11.5 Å². The highest BCUT2D eigenvalue weighted by Crippen LogP contribution is 2.33. The molecular formula is C16H17N3O5. The van der Waals surface area contributed by atoms with Crippen molar-refractivity contribution < 1.29 is 23.6 Å². The summed E-state index contributed by atoms with van der Waals surface area (Å²) in [6, 6.07) is 7.07. The molecule has 2 aromatic rings. The van der Waals surface area contributed by atoms with Gasteiger partial charge in [-0.25, -0.2) is 0 Å². The molecule has 1 amide bonds. The van der Waals surface area contributed by atoms with Crippen molar-refractivity contribution in [1.82, 2.24) is 5.16 Å². The largest absolute Gasteiger partial charge is 0.493 e. The second-order valence-corrected chi connectivity index (χ2v) is 5.19. The molecule has 0 fully saturated rings. The summed E-state index contributed by atoms with van der Waals surface area (Å²) in [4.78, 5) is 17.5. The van der Waals surface area contributed by atoms with Crippen LogP contribution < -0.4 is 14.8 Å². The van der Waals surface area contributed by atoms with Crippen molar-refractivity contribution >= 4 is 17.4 Å². The lowest BCUT2D eigenvalue weighted by Gasteiger charge is -2.11. The molecular weight excluding hydrogens is 314 g/mol. The van der Waals surface area contributed by atoms with Crippen molar-refractivity contribution in [3.63, 3.8) is 0 Å². The molecule has 0 saturated heterocycles. The third-order valence-corrected chi connectivity index (χ3v) is 3.55. The summed E-state index contributed by atoms with van der Waals surface area (Å²) in [5.74, 6) is 1.74. The maximum absolute atomic E-state index is 12.2. The number of methoxy groups -OCH3 is 2. The number of nitrogens with zero attached hydrogens (tertiary/aromatic N) is 2. The van der Waals surface area contributed by atoms with E-state index in [-0.39, 0.29) is 5.91 Å². The Morgan fingerprint density at radius 3 is 2.83 bits per heavy atom. The van der Waals surface area contributed by atoms with Gasteiger partial charge >= 0.3 is 0 Å². The van der Waals surface area contributed by atoms with E-state index < -0.39 is 6.10 Å². The van der Waals surface area contributed by atoms with Crippen LogP contribution in [0.15, 0.2) is 33.9 Å². The zero-order valence-electron chi connectivity index (χ0n) is 13.5. The normalized spacial score (nSPS) is 16.3. The summed E-state index contributed by atoms with van der Waals surface area (Å²) in [6.07, 6.45) is -0.431. The number of carbonyl (C=O) groups is 1. The Morgan fingerprint density at radius 1 is 1.33 bits per heavy atom. The first-order chi connectivity index (χ1) is 11.6. The number of benzene rings is 1. The van der Waals surface area contributed by atoms with Crippen molar-refractivity contribution in [2.75, 3.05) is 19.5 Å². The van der Waals surface area contributed by atoms with Crippen LogP contribution in [0.3, 0.4) is 0 Å². The second-order valence-electron chi connectivity index (χ2n) is 5.19. The minimum atomic E-state index is -0.743. The Morgan fingerprint density at radius 2 is 2.17 bits per heavy atom. The number of aromatic nitrogens is 1. The molecule has 8 nitrogen and oxygen atoms in total. The van der Waals surface area contributed by atoms with Gasteiger partial charge < -0.3 is 24.2 Å². The molecule has 1 N–H and O–H groups in total. The Kier molecular flexibility index (Phi) is 4.37. The van der Waals surface area contributed by atoms with Crippen molar-refractivity contribution in [2.24, 2.45) is 5.16 Å². The van der Waals surface area contributed by atoms with E-state index in [9.17, 15) is 4.79 Å². The summed E-state index contributed by atoms with van der Waals surface area (Å²) >= 11 is 0. The third-order valence-electron chi connectivity index (χ3n) is 3.55. The van der Waals surface area contributed by atoms with Gasteiger partial charge in [0, 0.05) is 18.1 Å². The number of hydrogen-bond acceptors (Lipinski definition) is 7. The molecule has 0 unspecified atom stereocenters. The van der Waals surface area contributed by atoms with E-state index >= 15 is 0 Å². The lowest BCUT2D eigenvalue weighted by atomic mass is 10.0. The molecule has 3 rings (SSSR count).